The summed E-state index contributed by atoms with van der Waals surface area (Å²) in [5.74, 6) is 0.229. The zero-order chi connectivity index (χ0) is 25.0. The van der Waals surface area contributed by atoms with Gasteiger partial charge in [-0.25, -0.2) is 14.6 Å². The second kappa shape index (κ2) is 10.1. The summed E-state index contributed by atoms with van der Waals surface area (Å²) < 4.78 is 7.31. The van der Waals surface area contributed by atoms with Crippen LogP contribution in [0.15, 0.2) is 91.4 Å². The highest BCUT2D eigenvalue weighted by Crippen LogP contribution is 2.36. The zero-order valence-electron chi connectivity index (χ0n) is 20.2. The van der Waals surface area contributed by atoms with E-state index in [2.05, 4.69) is 43.7 Å². The first-order valence-electron chi connectivity index (χ1n) is 12.1. The number of nitrogens with one attached hydrogen (secondary N) is 1. The van der Waals surface area contributed by atoms with Gasteiger partial charge in [-0.1, -0.05) is 35.5 Å². The highest BCUT2D eigenvalue weighted by Gasteiger charge is 2.17. The molecular formula is C28H26N8O. The lowest BCUT2D eigenvalue weighted by Crippen LogP contribution is -2.36. The fraction of sp³-hybridized carbons (Fsp3) is 0.143. The third kappa shape index (κ3) is 4.98. The van der Waals surface area contributed by atoms with E-state index in [1.165, 1.54) is 0 Å². The van der Waals surface area contributed by atoms with Gasteiger partial charge in [-0.15, -0.1) is 5.10 Å². The summed E-state index contributed by atoms with van der Waals surface area (Å²) >= 11 is 0. The molecule has 0 bridgehead atoms. The first-order valence-corrected chi connectivity index (χ1v) is 12.1. The molecule has 0 radical (unpaired) electrons. The average Bonchev–Trinajstić information content (AvgIpc) is 3.49. The van der Waals surface area contributed by atoms with E-state index in [-0.39, 0.29) is 5.95 Å². The van der Waals surface area contributed by atoms with E-state index in [1.54, 1.807) is 17.1 Å². The van der Waals surface area contributed by atoms with Gasteiger partial charge in [0.05, 0.1) is 37.0 Å². The van der Waals surface area contributed by atoms with Gasteiger partial charge in [0.25, 0.3) is 0 Å². The summed E-state index contributed by atoms with van der Waals surface area (Å²) in [6.07, 6.45) is 5.25. The molecule has 1 saturated heterocycles. The maximum Gasteiger partial charge on any atom is 0.220 e. The predicted molar refractivity (Wildman–Crippen MR) is 145 cm³/mol. The Labute approximate surface area is 214 Å². The molecule has 37 heavy (non-hydrogen) atoms. The van der Waals surface area contributed by atoms with Crippen molar-refractivity contribution in [1.82, 2.24) is 25.0 Å². The summed E-state index contributed by atoms with van der Waals surface area (Å²) in [6, 6.07) is 24.6. The maximum atomic E-state index is 6.09. The van der Waals surface area contributed by atoms with E-state index in [0.29, 0.717) is 13.2 Å². The predicted octanol–water partition coefficient (Wildman–Crippen LogP) is 4.55. The molecule has 9 nitrogen and oxygen atoms in total. The quantitative estimate of drug-likeness (QED) is 0.357. The Morgan fingerprint density at radius 1 is 0.838 bits per heavy atom. The van der Waals surface area contributed by atoms with E-state index in [4.69, 9.17) is 15.5 Å². The number of para-hydroxylation sites is 1. The largest absolute Gasteiger partial charge is 0.378 e. The van der Waals surface area contributed by atoms with Crippen LogP contribution in [0.1, 0.15) is 0 Å². The Morgan fingerprint density at radius 2 is 1.65 bits per heavy atom. The van der Waals surface area contributed by atoms with E-state index < -0.39 is 0 Å². The summed E-state index contributed by atoms with van der Waals surface area (Å²) in [5.41, 5.74) is 13.7. The normalized spacial score (nSPS) is 13.5. The van der Waals surface area contributed by atoms with Gasteiger partial charge in [-0.2, -0.15) is 0 Å². The van der Waals surface area contributed by atoms with Gasteiger partial charge in [-0.3, -0.25) is 0 Å². The fourth-order valence-electron chi connectivity index (χ4n) is 4.48. The van der Waals surface area contributed by atoms with Crippen molar-refractivity contribution in [3.63, 3.8) is 0 Å². The summed E-state index contributed by atoms with van der Waals surface area (Å²) in [7, 11) is 0. The van der Waals surface area contributed by atoms with E-state index >= 15 is 0 Å². The number of aromatic nitrogens is 5. The third-order valence-electron chi connectivity index (χ3n) is 6.30. The van der Waals surface area contributed by atoms with Crippen LogP contribution in [0.2, 0.25) is 0 Å². The Hall–Kier alpha value is -4.76. The van der Waals surface area contributed by atoms with Crippen LogP contribution in [0.25, 0.3) is 28.1 Å². The van der Waals surface area contributed by atoms with Gasteiger partial charge in [0, 0.05) is 47.5 Å². The number of nitrogens with two attached hydrogens (primary N) is 1. The second-order valence-electron chi connectivity index (χ2n) is 8.74. The summed E-state index contributed by atoms with van der Waals surface area (Å²) in [4.78, 5) is 11.3. The Balaban J connectivity index is 1.43. The van der Waals surface area contributed by atoms with Gasteiger partial charge >= 0.3 is 0 Å². The Bertz CT molecular complexity index is 1480. The SMILES string of the molecule is Nc1ncc(-c2ccc(-n3ccnn3)cc2)c(-c2cc(Nc3ccccc3)cc(N3CCOCC3)c2)n1. The van der Waals surface area contributed by atoms with Crippen molar-refractivity contribution in [2.45, 2.75) is 0 Å². The van der Waals surface area contributed by atoms with Crippen molar-refractivity contribution >= 4 is 23.0 Å². The molecule has 0 atom stereocenters. The molecule has 0 spiro atoms. The Kier molecular flexibility index (Phi) is 6.18. The molecule has 0 amide bonds. The molecular weight excluding hydrogens is 464 g/mol. The van der Waals surface area contributed by atoms with Crippen LogP contribution in [0.4, 0.5) is 23.0 Å². The van der Waals surface area contributed by atoms with Crippen molar-refractivity contribution in [2.24, 2.45) is 0 Å². The second-order valence-corrected chi connectivity index (χ2v) is 8.74. The van der Waals surface area contributed by atoms with Gasteiger partial charge < -0.3 is 20.7 Å². The van der Waals surface area contributed by atoms with Crippen LogP contribution in [0.3, 0.4) is 0 Å². The molecule has 9 heteroatoms. The molecule has 3 aromatic carbocycles. The van der Waals surface area contributed by atoms with Crippen LogP contribution in [-0.2, 0) is 4.74 Å². The minimum absolute atomic E-state index is 0.229. The summed E-state index contributed by atoms with van der Waals surface area (Å²) in [5, 5.41) is 11.5. The fourth-order valence-corrected chi connectivity index (χ4v) is 4.48. The molecule has 3 N–H and O–H groups in total. The van der Waals surface area contributed by atoms with Crippen molar-refractivity contribution in [2.75, 3.05) is 42.3 Å². The molecule has 6 rings (SSSR count). The summed E-state index contributed by atoms with van der Waals surface area (Å²) in [6.45, 7) is 3.07. The molecule has 184 valence electrons. The zero-order valence-corrected chi connectivity index (χ0v) is 20.2. The number of ether oxygens (including phenoxy) is 1. The van der Waals surface area contributed by atoms with Crippen molar-refractivity contribution in [3.8, 4) is 28.1 Å². The molecule has 1 aliphatic heterocycles. The molecule has 0 unspecified atom stereocenters. The number of rotatable bonds is 6. The lowest BCUT2D eigenvalue weighted by Gasteiger charge is -2.30. The number of hydrogen-bond donors (Lipinski definition) is 2. The number of benzene rings is 3. The molecule has 3 heterocycles. The highest BCUT2D eigenvalue weighted by molar-refractivity contribution is 5.85. The molecule has 1 aliphatic rings. The smallest absolute Gasteiger partial charge is 0.220 e. The van der Waals surface area contributed by atoms with Crippen molar-refractivity contribution in [1.29, 1.82) is 0 Å². The molecule has 0 aliphatic carbocycles. The van der Waals surface area contributed by atoms with Crippen molar-refractivity contribution < 1.29 is 4.74 Å². The van der Waals surface area contributed by atoms with Crippen LogP contribution in [0.5, 0.6) is 0 Å². The number of nitrogens with zero attached hydrogens (tertiary/aromatic N) is 6. The van der Waals surface area contributed by atoms with Gasteiger partial charge in [0.2, 0.25) is 5.95 Å². The average molecular weight is 491 g/mol. The lowest BCUT2D eigenvalue weighted by atomic mass is 9.99. The highest BCUT2D eigenvalue weighted by atomic mass is 16.5. The number of nitrogen functional groups attached to an aromatic ring is 1. The molecule has 2 aromatic heterocycles. The Morgan fingerprint density at radius 3 is 2.41 bits per heavy atom. The molecule has 1 fully saturated rings. The van der Waals surface area contributed by atoms with Gasteiger partial charge in [-0.05, 0) is 48.0 Å². The minimum atomic E-state index is 0.229. The number of morpholine rings is 1. The maximum absolute atomic E-state index is 6.09. The van der Waals surface area contributed by atoms with E-state index in [0.717, 1.165) is 58.2 Å². The number of hydrogen-bond acceptors (Lipinski definition) is 8. The molecule has 0 saturated carbocycles. The lowest BCUT2D eigenvalue weighted by molar-refractivity contribution is 0.122. The first-order chi connectivity index (χ1) is 18.2. The third-order valence-corrected chi connectivity index (χ3v) is 6.30. The van der Waals surface area contributed by atoms with Gasteiger partial charge in [0.1, 0.15) is 0 Å². The van der Waals surface area contributed by atoms with Crippen LogP contribution in [0, 0.1) is 0 Å². The van der Waals surface area contributed by atoms with Gasteiger partial charge in [0.15, 0.2) is 0 Å². The van der Waals surface area contributed by atoms with Crippen LogP contribution in [-0.4, -0.2) is 51.3 Å². The van der Waals surface area contributed by atoms with Crippen LogP contribution >= 0.6 is 0 Å². The minimum Gasteiger partial charge on any atom is -0.378 e. The van der Waals surface area contributed by atoms with E-state index in [9.17, 15) is 0 Å². The number of anilines is 4. The van der Waals surface area contributed by atoms with Crippen molar-refractivity contribution in [3.05, 3.63) is 91.4 Å². The van der Waals surface area contributed by atoms with E-state index in [1.807, 2.05) is 60.8 Å². The van der Waals surface area contributed by atoms with Crippen LogP contribution < -0.4 is 16.0 Å². The first kappa shape index (κ1) is 22.7. The monoisotopic (exact) mass is 490 g/mol. The standard InChI is InChI=1S/C28H26N8O/c29-28-30-19-26(20-6-8-24(9-7-20)36-11-10-31-34-36)27(33-28)21-16-23(32-22-4-2-1-3-5-22)18-25(17-21)35-12-14-37-15-13-35/h1-11,16-19,32H,12-15H2,(H2,29,30,33). The molecule has 5 aromatic rings. The topological polar surface area (TPSA) is 107 Å².